The van der Waals surface area contributed by atoms with Crippen molar-refractivity contribution in [1.29, 1.82) is 0 Å². The quantitative estimate of drug-likeness (QED) is 0.478. The van der Waals surface area contributed by atoms with E-state index < -0.39 is 0 Å². The number of carbonyl (C=O) groups excluding carboxylic acids is 1. The van der Waals surface area contributed by atoms with Crippen molar-refractivity contribution < 1.29 is 22.5 Å². The van der Waals surface area contributed by atoms with Crippen LogP contribution in [0.1, 0.15) is 27.2 Å². The molecule has 0 rings (SSSR count). The Hall–Kier alpha value is -0.540. The summed E-state index contributed by atoms with van der Waals surface area (Å²) in [4.78, 5) is 11.1. The summed E-state index contributed by atoms with van der Waals surface area (Å²) in [5.74, 6) is -0.103. The first-order chi connectivity index (χ1) is 5.91. The van der Waals surface area contributed by atoms with Crippen molar-refractivity contribution in [2.45, 2.75) is 38.8 Å². The van der Waals surface area contributed by atoms with Gasteiger partial charge in [-0.2, -0.15) is 0 Å². The predicted octanol–water partition coefficient (Wildman–Crippen LogP) is -2.96. The second kappa shape index (κ2) is 6.85. The van der Waals surface area contributed by atoms with Gasteiger partial charge in [-0.15, -0.1) is 0 Å². The fourth-order valence-electron chi connectivity index (χ4n) is 1.36. The van der Waals surface area contributed by atoms with E-state index in [0.717, 1.165) is 6.42 Å². The number of nitrogens with one attached hydrogen (secondary N) is 1. The molecule has 0 aliphatic heterocycles. The Kier molecular flexibility index (Phi) is 7.78. The smallest absolute Gasteiger partial charge is 0.243 e. The summed E-state index contributed by atoms with van der Waals surface area (Å²) in [7, 11) is 2.04. The maximum absolute atomic E-state index is 11.1. The molecule has 0 bridgehead atoms. The van der Waals surface area contributed by atoms with E-state index in [4.69, 9.17) is 0 Å². The van der Waals surface area contributed by atoms with Gasteiger partial charge in [0.25, 0.3) is 0 Å². The maximum atomic E-state index is 11.1. The molecule has 14 heavy (non-hydrogen) atoms. The summed E-state index contributed by atoms with van der Waals surface area (Å²) in [5.41, 5.74) is -0.156. The summed E-state index contributed by atoms with van der Waals surface area (Å²) in [6.45, 7) is 9.61. The van der Waals surface area contributed by atoms with Crippen molar-refractivity contribution >= 4 is 5.91 Å². The molecule has 0 aromatic rings. The monoisotopic (exact) mass is 220 g/mol. The lowest BCUT2D eigenvalue weighted by Crippen LogP contribution is -3.00. The van der Waals surface area contributed by atoms with Crippen LogP contribution in [0.2, 0.25) is 0 Å². The summed E-state index contributed by atoms with van der Waals surface area (Å²) in [5, 5.41) is 5.03. The number of carbonyl (C=O) groups is 1. The minimum atomic E-state index is -0.156. The second-order valence-corrected chi connectivity index (χ2v) is 4.09. The minimum Gasteiger partial charge on any atom is -1.00 e. The van der Waals surface area contributed by atoms with Gasteiger partial charge in [-0.1, -0.05) is 6.58 Å². The lowest BCUT2D eigenvalue weighted by atomic mass is 9.96. The highest BCUT2D eigenvalue weighted by molar-refractivity contribution is 5.87. The number of nitrogens with two attached hydrogens (primary N) is 1. The Bertz CT molecular complexity index is 193. The third kappa shape index (κ3) is 6.92. The van der Waals surface area contributed by atoms with E-state index in [1.165, 1.54) is 6.08 Å². The standard InChI is InChI=1S/C10H20N2O.ClH/c1-6-9(13)12-10(3,4)7-8(2)11-5;/h6,8,11H,1,7H2,2-5H3,(H,12,13);1H. The van der Waals surface area contributed by atoms with Crippen molar-refractivity contribution in [3.8, 4) is 0 Å². The first-order valence-electron chi connectivity index (χ1n) is 4.65. The molecule has 84 valence electrons. The molecule has 0 saturated carbocycles. The van der Waals surface area contributed by atoms with Crippen molar-refractivity contribution in [2.75, 3.05) is 7.05 Å². The Balaban J connectivity index is 0. The molecule has 1 unspecified atom stereocenters. The molecule has 0 heterocycles. The van der Waals surface area contributed by atoms with Gasteiger partial charge in [0, 0.05) is 12.0 Å². The Labute approximate surface area is 92.7 Å². The van der Waals surface area contributed by atoms with Crippen LogP contribution in [0.5, 0.6) is 0 Å². The van der Waals surface area contributed by atoms with Gasteiger partial charge in [0.2, 0.25) is 5.91 Å². The van der Waals surface area contributed by atoms with Crippen molar-refractivity contribution in [1.82, 2.24) is 5.32 Å². The molecule has 1 amide bonds. The summed E-state index contributed by atoms with van der Waals surface area (Å²) in [6, 6.07) is 0.514. The number of hydrogen-bond acceptors (Lipinski definition) is 1. The zero-order valence-corrected chi connectivity index (χ0v) is 10.2. The highest BCUT2D eigenvalue weighted by Crippen LogP contribution is 2.09. The summed E-state index contributed by atoms with van der Waals surface area (Å²) in [6.07, 6.45) is 2.26. The fraction of sp³-hybridized carbons (Fsp3) is 0.700. The molecular formula is C10H21ClN2O. The molecule has 0 aliphatic carbocycles. The average Bonchev–Trinajstić information content (AvgIpc) is 2.02. The molecule has 4 heteroatoms. The van der Waals surface area contributed by atoms with Crippen molar-refractivity contribution in [2.24, 2.45) is 0 Å². The van der Waals surface area contributed by atoms with Gasteiger partial charge >= 0.3 is 0 Å². The van der Waals surface area contributed by atoms with Gasteiger partial charge in [0.15, 0.2) is 0 Å². The normalized spacial score (nSPS) is 12.6. The largest absolute Gasteiger partial charge is 1.00 e. The molecule has 0 aromatic carbocycles. The first-order valence-corrected chi connectivity index (χ1v) is 4.65. The van der Waals surface area contributed by atoms with Crippen LogP contribution in [0.25, 0.3) is 0 Å². The summed E-state index contributed by atoms with van der Waals surface area (Å²) >= 11 is 0. The average molecular weight is 221 g/mol. The van der Waals surface area contributed by atoms with Crippen LogP contribution in [-0.2, 0) is 4.79 Å². The molecule has 0 aliphatic rings. The van der Waals surface area contributed by atoms with E-state index in [-0.39, 0.29) is 23.9 Å². The molecule has 1 atom stereocenters. The number of hydrogen-bond donors (Lipinski definition) is 2. The number of halogens is 1. The zero-order valence-electron chi connectivity index (χ0n) is 9.43. The molecule has 0 spiro atoms. The molecule has 0 saturated heterocycles. The molecule has 0 aromatic heterocycles. The topological polar surface area (TPSA) is 45.7 Å². The fourth-order valence-corrected chi connectivity index (χ4v) is 1.36. The highest BCUT2D eigenvalue weighted by atomic mass is 35.5. The molecule has 3 nitrogen and oxygen atoms in total. The van der Waals surface area contributed by atoms with E-state index >= 15 is 0 Å². The third-order valence-electron chi connectivity index (χ3n) is 2.05. The van der Waals surface area contributed by atoms with Crippen LogP contribution < -0.4 is 23.0 Å². The van der Waals surface area contributed by atoms with E-state index in [1.807, 2.05) is 20.9 Å². The maximum Gasteiger partial charge on any atom is 0.243 e. The van der Waals surface area contributed by atoms with Gasteiger partial charge in [-0.25, -0.2) is 0 Å². The summed E-state index contributed by atoms with van der Waals surface area (Å²) < 4.78 is 0. The first kappa shape index (κ1) is 15.9. The van der Waals surface area contributed by atoms with Crippen LogP contribution in [0.3, 0.4) is 0 Å². The minimum absolute atomic E-state index is 0. The predicted molar refractivity (Wildman–Crippen MR) is 54.3 cm³/mol. The van der Waals surface area contributed by atoms with Crippen LogP contribution in [0.15, 0.2) is 12.7 Å². The van der Waals surface area contributed by atoms with Gasteiger partial charge < -0.3 is 23.0 Å². The highest BCUT2D eigenvalue weighted by Gasteiger charge is 2.22. The zero-order chi connectivity index (χ0) is 10.5. The SMILES string of the molecule is C=CC(=O)NC(C)(C)CC(C)[NH2+]C.[Cl-]. The Morgan fingerprint density at radius 2 is 2.14 bits per heavy atom. The van der Waals surface area contributed by atoms with Crippen LogP contribution in [0.4, 0.5) is 0 Å². The van der Waals surface area contributed by atoms with Gasteiger partial charge in [-0.3, -0.25) is 4.79 Å². The lowest BCUT2D eigenvalue weighted by molar-refractivity contribution is -0.661. The van der Waals surface area contributed by atoms with E-state index in [1.54, 1.807) is 0 Å². The van der Waals surface area contributed by atoms with Gasteiger partial charge in [0.05, 0.1) is 13.1 Å². The Morgan fingerprint density at radius 3 is 2.50 bits per heavy atom. The molecule has 3 N–H and O–H groups in total. The van der Waals surface area contributed by atoms with Crippen LogP contribution >= 0.6 is 0 Å². The Morgan fingerprint density at radius 1 is 1.64 bits per heavy atom. The van der Waals surface area contributed by atoms with Gasteiger partial charge in [-0.05, 0) is 26.8 Å². The molecular weight excluding hydrogens is 200 g/mol. The van der Waals surface area contributed by atoms with Crippen molar-refractivity contribution in [3.63, 3.8) is 0 Å². The van der Waals surface area contributed by atoms with Gasteiger partial charge in [0.1, 0.15) is 0 Å². The second-order valence-electron chi connectivity index (χ2n) is 4.09. The van der Waals surface area contributed by atoms with Crippen LogP contribution in [0, 0.1) is 0 Å². The van der Waals surface area contributed by atoms with Crippen molar-refractivity contribution in [3.05, 3.63) is 12.7 Å². The number of amides is 1. The molecule has 0 fully saturated rings. The van der Waals surface area contributed by atoms with E-state index in [2.05, 4.69) is 24.1 Å². The van der Waals surface area contributed by atoms with E-state index in [9.17, 15) is 4.79 Å². The number of rotatable bonds is 5. The number of quaternary nitrogens is 1. The lowest BCUT2D eigenvalue weighted by Gasteiger charge is -2.27. The van der Waals surface area contributed by atoms with Crippen LogP contribution in [-0.4, -0.2) is 24.5 Å². The third-order valence-corrected chi connectivity index (χ3v) is 2.05. The molecule has 0 radical (unpaired) electrons. The van der Waals surface area contributed by atoms with E-state index in [0.29, 0.717) is 6.04 Å².